The van der Waals surface area contributed by atoms with Crippen LogP contribution in [0.3, 0.4) is 0 Å². The van der Waals surface area contributed by atoms with Crippen LogP contribution >= 0.6 is 0 Å². The first-order valence-electron chi connectivity index (χ1n) is 14.8. The van der Waals surface area contributed by atoms with Crippen LogP contribution in [-0.4, -0.2) is 56.2 Å². The molecule has 0 aliphatic heterocycles. The molecule has 0 radical (unpaired) electrons. The molecule has 0 aromatic heterocycles. The molecule has 0 atom stereocenters. The van der Waals surface area contributed by atoms with E-state index >= 15 is 0 Å². The van der Waals surface area contributed by atoms with Crippen molar-refractivity contribution in [1.82, 2.24) is 0 Å². The Morgan fingerprint density at radius 2 is 0.812 bits per heavy atom. The van der Waals surface area contributed by atoms with E-state index in [0.29, 0.717) is 0 Å². The summed E-state index contributed by atoms with van der Waals surface area (Å²) in [6.45, 7) is 0. The zero-order chi connectivity index (χ0) is 34.6. The van der Waals surface area contributed by atoms with Crippen molar-refractivity contribution in [2.45, 2.75) is 37.5 Å². The Hall–Kier alpha value is -6.30. The highest BCUT2D eigenvalue weighted by atomic mass is 16.5. The zero-order valence-corrected chi connectivity index (χ0v) is 25.2. The number of carbonyl (C=O) groups excluding carboxylic acids is 2. The van der Waals surface area contributed by atoms with E-state index in [1.807, 2.05) is 24.3 Å². The molecule has 48 heavy (non-hydrogen) atoms. The second-order valence-electron chi connectivity index (χ2n) is 11.2. The molecule has 244 valence electrons. The summed E-state index contributed by atoms with van der Waals surface area (Å²) in [5.41, 5.74) is -0.673. The number of benzene rings is 4. The molecule has 1 fully saturated rings. The van der Waals surface area contributed by atoms with Gasteiger partial charge in [0.25, 0.3) is 0 Å². The fraction of sp³-hybridized carbons (Fsp3) is 0.167. The molecule has 0 spiro atoms. The highest BCUT2D eigenvalue weighted by molar-refractivity contribution is 6.05. The third kappa shape index (κ3) is 6.77. The topological polar surface area (TPSA) is 202 Å². The van der Waals surface area contributed by atoms with Crippen LogP contribution in [0.2, 0.25) is 0 Å². The van der Waals surface area contributed by atoms with Crippen molar-refractivity contribution in [3.8, 4) is 11.5 Å². The quantitative estimate of drug-likeness (QED) is 0.112. The van der Waals surface area contributed by atoms with Gasteiger partial charge in [0.15, 0.2) is 0 Å². The minimum Gasteiger partial charge on any atom is -0.478 e. The van der Waals surface area contributed by atoms with E-state index in [-0.39, 0.29) is 22.6 Å². The van der Waals surface area contributed by atoms with Crippen molar-refractivity contribution in [3.05, 3.63) is 129 Å². The summed E-state index contributed by atoms with van der Waals surface area (Å²) in [6, 6.07) is 20.3. The molecule has 1 saturated carbocycles. The highest BCUT2D eigenvalue weighted by Gasteiger charge is 2.36. The van der Waals surface area contributed by atoms with Gasteiger partial charge in [0.2, 0.25) is 0 Å². The first-order valence-corrected chi connectivity index (χ1v) is 14.8. The first kappa shape index (κ1) is 33.1. The molecule has 12 nitrogen and oxygen atoms in total. The van der Waals surface area contributed by atoms with Gasteiger partial charge in [-0.2, -0.15) is 0 Å². The summed E-state index contributed by atoms with van der Waals surface area (Å²) >= 11 is 0. The third-order valence-corrected chi connectivity index (χ3v) is 8.37. The highest BCUT2D eigenvalue weighted by Crippen LogP contribution is 2.45. The fourth-order valence-corrected chi connectivity index (χ4v) is 5.98. The van der Waals surface area contributed by atoms with Crippen LogP contribution in [0.15, 0.2) is 84.9 Å². The van der Waals surface area contributed by atoms with E-state index in [2.05, 4.69) is 0 Å². The second-order valence-corrected chi connectivity index (χ2v) is 11.2. The average Bonchev–Trinajstić information content (AvgIpc) is 3.08. The van der Waals surface area contributed by atoms with Crippen molar-refractivity contribution >= 4 is 35.8 Å². The van der Waals surface area contributed by atoms with Crippen LogP contribution in [0.1, 0.15) is 105 Å². The van der Waals surface area contributed by atoms with E-state index in [1.165, 1.54) is 12.1 Å². The number of hydrogen-bond acceptors (Lipinski definition) is 8. The fourth-order valence-electron chi connectivity index (χ4n) is 5.98. The van der Waals surface area contributed by atoms with Crippen molar-refractivity contribution < 1.29 is 58.7 Å². The lowest BCUT2D eigenvalue weighted by molar-refractivity contribution is 0.0650. The predicted octanol–water partition coefficient (Wildman–Crippen LogP) is 6.17. The van der Waals surface area contributed by atoms with Gasteiger partial charge in [-0.05, 0) is 84.6 Å². The maximum Gasteiger partial charge on any atom is 0.343 e. The Labute approximate surface area is 272 Å². The molecule has 4 aromatic rings. The van der Waals surface area contributed by atoms with E-state index < -0.39 is 63.5 Å². The summed E-state index contributed by atoms with van der Waals surface area (Å²) in [5, 5.41) is 37.2. The molecule has 12 heteroatoms. The first-order chi connectivity index (χ1) is 22.9. The molecular formula is C36H28O12. The SMILES string of the molecule is O=C(Oc1ccc(C2(c3ccc(OC(=O)c4ccc(C(=O)O)c(C(=O)O)c4)cc3)CCCCC2)cc1)c1ccc(C(=O)O)c(C(=O)O)c1. The monoisotopic (exact) mass is 652 g/mol. The summed E-state index contributed by atoms with van der Waals surface area (Å²) in [7, 11) is 0. The Kier molecular flexibility index (Phi) is 9.37. The molecule has 1 aliphatic carbocycles. The number of carboxylic acids is 4. The standard InChI is InChI=1S/C36H28O12/c37-30(38)26-14-4-20(18-28(26)32(41)42)34(45)47-24-10-6-22(7-11-24)36(16-2-1-3-17-36)23-8-12-25(13-9-23)48-35(46)21-5-15-27(31(39)40)29(19-21)33(43)44/h4-15,18-19H,1-3,16-17H2,(H,37,38)(H,39,40)(H,41,42)(H,43,44). The van der Waals surface area contributed by atoms with Crippen LogP contribution in [0.4, 0.5) is 0 Å². The summed E-state index contributed by atoms with van der Waals surface area (Å²) in [6.07, 6.45) is 4.64. The van der Waals surface area contributed by atoms with Crippen molar-refractivity contribution in [1.29, 1.82) is 0 Å². The zero-order valence-electron chi connectivity index (χ0n) is 25.2. The molecule has 0 heterocycles. The average molecular weight is 653 g/mol. The van der Waals surface area contributed by atoms with Gasteiger partial charge in [0.1, 0.15) is 11.5 Å². The lowest BCUT2D eigenvalue weighted by atomic mass is 9.65. The van der Waals surface area contributed by atoms with Gasteiger partial charge >= 0.3 is 35.8 Å². The number of esters is 2. The number of carbonyl (C=O) groups is 6. The number of rotatable bonds is 10. The van der Waals surface area contributed by atoms with Crippen molar-refractivity contribution in [3.63, 3.8) is 0 Å². The number of hydrogen-bond donors (Lipinski definition) is 4. The molecule has 1 aliphatic rings. The van der Waals surface area contributed by atoms with Crippen LogP contribution in [0.25, 0.3) is 0 Å². The van der Waals surface area contributed by atoms with Gasteiger partial charge in [-0.3, -0.25) is 0 Å². The number of aromatic carboxylic acids is 4. The maximum absolute atomic E-state index is 12.8. The molecular weight excluding hydrogens is 624 g/mol. The van der Waals surface area contributed by atoms with Gasteiger partial charge in [0.05, 0.1) is 33.4 Å². The number of ether oxygens (including phenoxy) is 2. The van der Waals surface area contributed by atoms with Gasteiger partial charge in [-0.15, -0.1) is 0 Å². The minimum absolute atomic E-state index is 0.120. The van der Waals surface area contributed by atoms with Gasteiger partial charge in [0, 0.05) is 5.41 Å². The van der Waals surface area contributed by atoms with Crippen LogP contribution in [0.5, 0.6) is 11.5 Å². The Balaban J connectivity index is 1.34. The molecule has 4 N–H and O–H groups in total. The molecule has 0 amide bonds. The summed E-state index contributed by atoms with van der Waals surface area (Å²) < 4.78 is 10.9. The van der Waals surface area contributed by atoms with Crippen LogP contribution in [0, 0.1) is 0 Å². The summed E-state index contributed by atoms with van der Waals surface area (Å²) in [4.78, 5) is 71.2. The van der Waals surface area contributed by atoms with Gasteiger partial charge in [-0.1, -0.05) is 43.5 Å². The van der Waals surface area contributed by atoms with Gasteiger partial charge in [-0.25, -0.2) is 28.8 Å². The largest absolute Gasteiger partial charge is 0.478 e. The Morgan fingerprint density at radius 3 is 1.15 bits per heavy atom. The van der Waals surface area contributed by atoms with E-state index in [0.717, 1.165) is 67.5 Å². The van der Waals surface area contributed by atoms with E-state index in [4.69, 9.17) is 9.47 Å². The van der Waals surface area contributed by atoms with Crippen LogP contribution in [-0.2, 0) is 5.41 Å². The third-order valence-electron chi connectivity index (χ3n) is 8.37. The molecule has 5 rings (SSSR count). The molecule has 4 aromatic carbocycles. The van der Waals surface area contributed by atoms with Crippen LogP contribution < -0.4 is 9.47 Å². The van der Waals surface area contributed by atoms with Gasteiger partial charge < -0.3 is 29.9 Å². The Morgan fingerprint density at radius 1 is 0.458 bits per heavy atom. The normalized spacial score (nSPS) is 13.6. The van der Waals surface area contributed by atoms with Crippen molar-refractivity contribution in [2.75, 3.05) is 0 Å². The second kappa shape index (κ2) is 13.6. The summed E-state index contributed by atoms with van der Waals surface area (Å²) in [5.74, 6) is -7.13. The molecule has 0 bridgehead atoms. The van der Waals surface area contributed by atoms with Crippen molar-refractivity contribution in [2.24, 2.45) is 0 Å². The lowest BCUT2D eigenvalue weighted by Crippen LogP contribution is -2.30. The smallest absolute Gasteiger partial charge is 0.343 e. The van der Waals surface area contributed by atoms with E-state index in [1.54, 1.807) is 24.3 Å². The lowest BCUT2D eigenvalue weighted by Gasteiger charge is -2.38. The minimum atomic E-state index is -1.49. The number of carboxylic acid groups (broad SMARTS) is 4. The molecule has 0 unspecified atom stereocenters. The predicted molar refractivity (Wildman–Crippen MR) is 167 cm³/mol. The Bertz CT molecular complexity index is 1800. The molecule has 0 saturated heterocycles. The maximum atomic E-state index is 12.8. The van der Waals surface area contributed by atoms with E-state index in [9.17, 15) is 49.2 Å².